The first kappa shape index (κ1) is 17.2. The van der Waals surface area contributed by atoms with E-state index in [1.54, 1.807) is 17.7 Å². The van der Waals surface area contributed by atoms with Crippen LogP contribution in [0.15, 0.2) is 11.4 Å². The van der Waals surface area contributed by atoms with Gasteiger partial charge in [0, 0.05) is 10.3 Å². The molecule has 2 heterocycles. The van der Waals surface area contributed by atoms with Crippen LogP contribution in [-0.2, 0) is 9.53 Å². The molecule has 2 aromatic heterocycles. The summed E-state index contributed by atoms with van der Waals surface area (Å²) in [6, 6.07) is 0. The third-order valence-corrected chi connectivity index (χ3v) is 5.74. The first-order valence-electron chi connectivity index (χ1n) is 7.58. The summed E-state index contributed by atoms with van der Waals surface area (Å²) in [5.74, 6) is -0.169. The lowest BCUT2D eigenvalue weighted by Gasteiger charge is -2.11. The zero-order valence-corrected chi connectivity index (χ0v) is 15.1. The number of aryl methyl sites for hydroxylation is 2. The Bertz CT molecular complexity index is 655. The highest BCUT2D eigenvalue weighted by molar-refractivity contribution is 8.00. The number of nitrogens with zero attached hydrogens (tertiary/aromatic N) is 2. The summed E-state index contributed by atoms with van der Waals surface area (Å²) in [5, 5.41) is 1.67. The summed E-state index contributed by atoms with van der Waals surface area (Å²) in [5.41, 5.74) is 1.20. The molecule has 22 heavy (non-hydrogen) atoms. The van der Waals surface area contributed by atoms with E-state index < -0.39 is 0 Å². The van der Waals surface area contributed by atoms with Crippen LogP contribution in [0.25, 0.3) is 10.2 Å². The van der Waals surface area contributed by atoms with Gasteiger partial charge in [-0.05, 0) is 32.8 Å². The number of rotatable bonds is 7. The SMILES string of the molecule is CCCCCOC(=O)[C@H](C)Sc1ncnc2sc(C)c(C)c12. The number of unbranched alkanes of at least 4 members (excludes halogenated alkanes) is 2. The Hall–Kier alpha value is -1.14. The summed E-state index contributed by atoms with van der Waals surface area (Å²) in [6.45, 7) is 8.67. The largest absolute Gasteiger partial charge is 0.465 e. The molecule has 0 fully saturated rings. The minimum atomic E-state index is -0.265. The molecule has 1 atom stereocenters. The molecule has 0 saturated carbocycles. The Balaban J connectivity index is 2.05. The average molecular weight is 338 g/mol. The maximum atomic E-state index is 12.1. The number of thiophene rings is 1. The third kappa shape index (κ3) is 3.98. The van der Waals surface area contributed by atoms with Crippen molar-refractivity contribution >= 4 is 39.3 Å². The normalized spacial score (nSPS) is 12.5. The first-order chi connectivity index (χ1) is 10.5. The maximum absolute atomic E-state index is 12.1. The van der Waals surface area contributed by atoms with E-state index in [0.717, 1.165) is 34.5 Å². The molecular weight excluding hydrogens is 316 g/mol. The molecule has 4 nitrogen and oxygen atoms in total. The van der Waals surface area contributed by atoms with Gasteiger partial charge in [0.25, 0.3) is 0 Å². The standard InChI is InChI=1S/C16H22N2O2S2/c1-5-6-7-8-20-16(19)12(4)22-15-13-10(2)11(3)21-14(13)17-9-18-15/h9,12H,5-8H2,1-4H3/t12-/m0/s1. The van der Waals surface area contributed by atoms with Crippen molar-refractivity contribution in [3.05, 3.63) is 16.8 Å². The van der Waals surface area contributed by atoms with Gasteiger partial charge in [-0.2, -0.15) is 0 Å². The van der Waals surface area contributed by atoms with Crippen LogP contribution in [0.2, 0.25) is 0 Å². The van der Waals surface area contributed by atoms with Gasteiger partial charge < -0.3 is 4.74 Å². The van der Waals surface area contributed by atoms with Crippen molar-refractivity contribution < 1.29 is 9.53 Å². The Morgan fingerprint density at radius 2 is 2.14 bits per heavy atom. The van der Waals surface area contributed by atoms with Crippen molar-refractivity contribution in [1.82, 2.24) is 9.97 Å². The predicted molar refractivity (Wildman–Crippen MR) is 92.7 cm³/mol. The molecule has 0 aliphatic rings. The molecule has 120 valence electrons. The smallest absolute Gasteiger partial charge is 0.319 e. The van der Waals surface area contributed by atoms with Crippen LogP contribution >= 0.6 is 23.1 Å². The monoisotopic (exact) mass is 338 g/mol. The van der Waals surface area contributed by atoms with Crippen LogP contribution in [0.4, 0.5) is 0 Å². The molecule has 0 bridgehead atoms. The molecule has 0 N–H and O–H groups in total. The van der Waals surface area contributed by atoms with Gasteiger partial charge in [0.15, 0.2) is 0 Å². The van der Waals surface area contributed by atoms with Crippen LogP contribution in [-0.4, -0.2) is 27.8 Å². The number of fused-ring (bicyclic) bond motifs is 1. The highest BCUT2D eigenvalue weighted by Gasteiger charge is 2.20. The zero-order valence-electron chi connectivity index (χ0n) is 13.5. The molecule has 0 aliphatic carbocycles. The summed E-state index contributed by atoms with van der Waals surface area (Å²) in [4.78, 5) is 23.0. The average Bonchev–Trinajstić information content (AvgIpc) is 2.79. The Kier molecular flexibility index (Phi) is 6.20. The fourth-order valence-electron chi connectivity index (χ4n) is 2.10. The molecule has 0 amide bonds. The lowest BCUT2D eigenvalue weighted by Crippen LogP contribution is -2.17. The number of ether oxygens (including phenoxy) is 1. The van der Waals surface area contributed by atoms with Crippen LogP contribution < -0.4 is 0 Å². The first-order valence-corrected chi connectivity index (χ1v) is 9.28. The lowest BCUT2D eigenvalue weighted by molar-refractivity contribution is -0.142. The van der Waals surface area contributed by atoms with Crippen molar-refractivity contribution in [2.75, 3.05) is 6.61 Å². The van der Waals surface area contributed by atoms with E-state index in [0.29, 0.717) is 6.61 Å². The fourth-order valence-corrected chi connectivity index (χ4v) is 4.13. The van der Waals surface area contributed by atoms with E-state index in [1.165, 1.54) is 22.2 Å². The second-order valence-corrected chi connectivity index (χ2v) is 7.81. The third-order valence-electron chi connectivity index (χ3n) is 3.54. The number of carbonyl (C=O) groups is 1. The summed E-state index contributed by atoms with van der Waals surface area (Å²) >= 11 is 3.12. The van der Waals surface area contributed by atoms with Gasteiger partial charge >= 0.3 is 5.97 Å². The molecule has 2 rings (SSSR count). The van der Waals surface area contributed by atoms with Crippen molar-refractivity contribution in [1.29, 1.82) is 0 Å². The van der Waals surface area contributed by atoms with E-state index in [4.69, 9.17) is 4.74 Å². The summed E-state index contributed by atoms with van der Waals surface area (Å²) < 4.78 is 5.33. The van der Waals surface area contributed by atoms with Crippen LogP contribution in [0.5, 0.6) is 0 Å². The number of hydrogen-bond acceptors (Lipinski definition) is 6. The predicted octanol–water partition coefficient (Wildman–Crippen LogP) is 4.52. The second kappa shape index (κ2) is 7.92. The molecule has 0 unspecified atom stereocenters. The molecule has 0 radical (unpaired) electrons. The topological polar surface area (TPSA) is 52.1 Å². The number of aromatic nitrogens is 2. The van der Waals surface area contributed by atoms with Crippen molar-refractivity contribution in [3.63, 3.8) is 0 Å². The molecule has 0 spiro atoms. The molecule has 6 heteroatoms. The van der Waals surface area contributed by atoms with Crippen molar-refractivity contribution in [3.8, 4) is 0 Å². The Morgan fingerprint density at radius 3 is 2.86 bits per heavy atom. The van der Waals surface area contributed by atoms with E-state index in [2.05, 4.69) is 30.7 Å². The van der Waals surface area contributed by atoms with Crippen LogP contribution in [0.3, 0.4) is 0 Å². The molecule has 0 aromatic carbocycles. The van der Waals surface area contributed by atoms with E-state index in [1.807, 2.05) is 6.92 Å². The quantitative estimate of drug-likeness (QED) is 0.321. The van der Waals surface area contributed by atoms with Gasteiger partial charge in [0.1, 0.15) is 21.4 Å². The maximum Gasteiger partial charge on any atom is 0.319 e. The van der Waals surface area contributed by atoms with Gasteiger partial charge in [0.05, 0.1) is 6.61 Å². The fraction of sp³-hybridized carbons (Fsp3) is 0.562. The highest BCUT2D eigenvalue weighted by atomic mass is 32.2. The van der Waals surface area contributed by atoms with E-state index in [9.17, 15) is 4.79 Å². The number of thioether (sulfide) groups is 1. The Morgan fingerprint density at radius 1 is 1.36 bits per heavy atom. The molecular formula is C16H22N2O2S2. The lowest BCUT2D eigenvalue weighted by atomic mass is 10.2. The van der Waals surface area contributed by atoms with Crippen LogP contribution in [0.1, 0.15) is 43.6 Å². The number of carbonyl (C=O) groups excluding carboxylic acids is 1. The second-order valence-electron chi connectivity index (χ2n) is 5.28. The van der Waals surface area contributed by atoms with Gasteiger partial charge in [-0.25, -0.2) is 9.97 Å². The highest BCUT2D eigenvalue weighted by Crippen LogP contribution is 2.36. The van der Waals surface area contributed by atoms with E-state index in [-0.39, 0.29) is 11.2 Å². The Labute approximate surface area is 139 Å². The van der Waals surface area contributed by atoms with E-state index >= 15 is 0 Å². The summed E-state index contributed by atoms with van der Waals surface area (Å²) in [6.07, 6.45) is 4.71. The van der Waals surface area contributed by atoms with Crippen LogP contribution in [0, 0.1) is 13.8 Å². The minimum Gasteiger partial charge on any atom is -0.465 e. The van der Waals surface area contributed by atoms with Gasteiger partial charge in [-0.15, -0.1) is 11.3 Å². The summed E-state index contributed by atoms with van der Waals surface area (Å²) in [7, 11) is 0. The zero-order chi connectivity index (χ0) is 16.1. The molecule has 0 aliphatic heterocycles. The number of esters is 1. The van der Waals surface area contributed by atoms with Crippen molar-refractivity contribution in [2.45, 2.75) is 57.2 Å². The molecule has 0 saturated heterocycles. The van der Waals surface area contributed by atoms with Gasteiger partial charge in [-0.3, -0.25) is 4.79 Å². The van der Waals surface area contributed by atoms with Gasteiger partial charge in [0.2, 0.25) is 0 Å². The van der Waals surface area contributed by atoms with Gasteiger partial charge in [-0.1, -0.05) is 31.5 Å². The molecule has 2 aromatic rings. The minimum absolute atomic E-state index is 0.169. The number of hydrogen-bond donors (Lipinski definition) is 0. The van der Waals surface area contributed by atoms with Crippen molar-refractivity contribution in [2.24, 2.45) is 0 Å².